The number of carbonyl (C=O) groups is 3. The summed E-state index contributed by atoms with van der Waals surface area (Å²) in [6.45, 7) is 0. The summed E-state index contributed by atoms with van der Waals surface area (Å²) in [5.41, 5.74) is 2.10. The molecule has 2 heterocycles. The van der Waals surface area contributed by atoms with Crippen LogP contribution in [0.2, 0.25) is 0 Å². The van der Waals surface area contributed by atoms with Gasteiger partial charge in [0, 0.05) is 10.8 Å². The van der Waals surface area contributed by atoms with Gasteiger partial charge in [0.2, 0.25) is 0 Å². The highest BCUT2D eigenvalue weighted by atomic mass is 16.2. The number of pyridine rings is 1. The lowest BCUT2D eigenvalue weighted by atomic mass is 9.84. The topological polar surface area (TPSA) is 92.8 Å². The molecule has 2 aromatic heterocycles. The van der Waals surface area contributed by atoms with Crippen molar-refractivity contribution in [1.29, 1.82) is 0 Å². The third kappa shape index (κ3) is 1.56. The van der Waals surface area contributed by atoms with Gasteiger partial charge in [-0.25, -0.2) is 4.98 Å². The standard InChI is InChI=1S/C15H9N3O3/c19-6-10-8-3-7-9-5-16-18-12(9)2-1-11(7)17-15(8)14(21)4-13(10)20/h1-3,5-6,10H,4H2,(H,16,18). The van der Waals surface area contributed by atoms with Crippen LogP contribution >= 0.6 is 0 Å². The van der Waals surface area contributed by atoms with Crippen LogP contribution in [0, 0.1) is 0 Å². The monoisotopic (exact) mass is 279 g/mol. The molecule has 6 heteroatoms. The van der Waals surface area contributed by atoms with Crippen LogP contribution in [0.25, 0.3) is 21.8 Å². The van der Waals surface area contributed by atoms with Crippen LogP contribution < -0.4 is 0 Å². The largest absolute Gasteiger partial charge is 0.302 e. The number of fused-ring (bicyclic) bond motifs is 4. The second-order valence-corrected chi connectivity index (χ2v) is 5.07. The van der Waals surface area contributed by atoms with Crippen molar-refractivity contribution in [3.8, 4) is 0 Å². The minimum absolute atomic E-state index is 0.224. The third-order valence-corrected chi connectivity index (χ3v) is 3.87. The minimum atomic E-state index is -0.906. The van der Waals surface area contributed by atoms with Crippen LogP contribution in [0.5, 0.6) is 0 Å². The smallest absolute Gasteiger partial charge is 0.188 e. The van der Waals surface area contributed by atoms with E-state index in [2.05, 4.69) is 15.2 Å². The molecule has 1 aliphatic rings. The summed E-state index contributed by atoms with van der Waals surface area (Å²) in [5, 5.41) is 8.45. The predicted molar refractivity (Wildman–Crippen MR) is 74.2 cm³/mol. The Morgan fingerprint density at radius 1 is 1.24 bits per heavy atom. The summed E-state index contributed by atoms with van der Waals surface area (Å²) in [7, 11) is 0. The molecule has 0 fully saturated rings. The lowest BCUT2D eigenvalue weighted by molar-refractivity contribution is -0.123. The van der Waals surface area contributed by atoms with Crippen molar-refractivity contribution in [3.63, 3.8) is 0 Å². The Labute approximate surface area is 118 Å². The van der Waals surface area contributed by atoms with Gasteiger partial charge in [0.25, 0.3) is 0 Å². The van der Waals surface area contributed by atoms with Crippen LogP contribution in [-0.4, -0.2) is 33.0 Å². The SMILES string of the molecule is O=CC1C(=O)CC(=O)c2nc3ccc4[nH]ncc4c3cc21. The predicted octanol–water partition coefficient (Wildman–Crippen LogP) is 1.55. The van der Waals surface area contributed by atoms with Gasteiger partial charge in [0.15, 0.2) is 11.6 Å². The Bertz CT molecular complexity index is 942. The van der Waals surface area contributed by atoms with Crippen LogP contribution in [0.15, 0.2) is 24.4 Å². The first-order valence-electron chi connectivity index (χ1n) is 6.47. The molecule has 1 atom stereocenters. The Morgan fingerprint density at radius 2 is 2.10 bits per heavy atom. The zero-order chi connectivity index (χ0) is 14.6. The normalized spacial score (nSPS) is 18.2. The summed E-state index contributed by atoms with van der Waals surface area (Å²) in [4.78, 5) is 39.4. The van der Waals surface area contributed by atoms with E-state index in [1.165, 1.54) is 0 Å². The number of nitrogens with zero attached hydrogens (tertiary/aromatic N) is 2. The first kappa shape index (κ1) is 11.9. The van der Waals surface area contributed by atoms with E-state index in [-0.39, 0.29) is 23.7 Å². The van der Waals surface area contributed by atoms with E-state index in [4.69, 9.17) is 0 Å². The van der Waals surface area contributed by atoms with E-state index in [0.717, 1.165) is 16.3 Å². The highest BCUT2D eigenvalue weighted by Gasteiger charge is 2.33. The molecule has 3 aromatic rings. The molecule has 0 amide bonds. The maximum atomic E-state index is 12.0. The maximum absolute atomic E-state index is 12.0. The number of hydrogen-bond donors (Lipinski definition) is 1. The lowest BCUT2D eigenvalue weighted by Gasteiger charge is -2.19. The van der Waals surface area contributed by atoms with Gasteiger partial charge in [-0.1, -0.05) is 0 Å². The Morgan fingerprint density at radius 3 is 2.90 bits per heavy atom. The fourth-order valence-corrected chi connectivity index (χ4v) is 2.82. The molecule has 0 spiro atoms. The first-order valence-corrected chi connectivity index (χ1v) is 6.47. The maximum Gasteiger partial charge on any atom is 0.188 e. The average Bonchev–Trinajstić information content (AvgIpc) is 2.95. The van der Waals surface area contributed by atoms with E-state index in [0.29, 0.717) is 17.4 Å². The number of aromatic amines is 1. The first-order chi connectivity index (χ1) is 10.2. The second kappa shape index (κ2) is 4.05. The summed E-state index contributed by atoms with van der Waals surface area (Å²) in [5.74, 6) is -1.61. The summed E-state index contributed by atoms with van der Waals surface area (Å²) >= 11 is 0. The van der Waals surface area contributed by atoms with Gasteiger partial charge in [0.05, 0.1) is 23.7 Å². The molecule has 102 valence electrons. The molecular formula is C15H9N3O3. The average molecular weight is 279 g/mol. The number of H-pyrrole nitrogens is 1. The van der Waals surface area contributed by atoms with Crippen molar-refractivity contribution >= 4 is 39.7 Å². The molecule has 4 rings (SSSR count). The Balaban J connectivity index is 2.12. The fraction of sp³-hybridized carbons (Fsp3) is 0.133. The molecule has 6 nitrogen and oxygen atoms in total. The van der Waals surface area contributed by atoms with E-state index < -0.39 is 5.92 Å². The molecule has 0 radical (unpaired) electrons. The molecule has 0 bridgehead atoms. The number of carbonyl (C=O) groups excluding carboxylic acids is 3. The molecule has 21 heavy (non-hydrogen) atoms. The van der Waals surface area contributed by atoms with E-state index >= 15 is 0 Å². The van der Waals surface area contributed by atoms with Crippen LogP contribution in [0.3, 0.4) is 0 Å². The number of benzene rings is 1. The number of hydrogen-bond acceptors (Lipinski definition) is 5. The number of Topliss-reactive ketones (excluding diaryl/α,β-unsaturated/α-hetero) is 2. The molecule has 0 saturated heterocycles. The van der Waals surface area contributed by atoms with Crippen LogP contribution in [0.4, 0.5) is 0 Å². The molecule has 1 aliphatic carbocycles. The molecule has 1 unspecified atom stereocenters. The highest BCUT2D eigenvalue weighted by molar-refractivity contribution is 6.19. The van der Waals surface area contributed by atoms with Crippen LogP contribution in [0.1, 0.15) is 28.4 Å². The van der Waals surface area contributed by atoms with Gasteiger partial charge >= 0.3 is 0 Å². The van der Waals surface area contributed by atoms with Gasteiger partial charge in [-0.15, -0.1) is 0 Å². The van der Waals surface area contributed by atoms with Gasteiger partial charge < -0.3 is 4.79 Å². The van der Waals surface area contributed by atoms with E-state index in [1.807, 2.05) is 6.07 Å². The number of aldehydes is 1. The van der Waals surface area contributed by atoms with Crippen molar-refractivity contribution in [2.75, 3.05) is 0 Å². The van der Waals surface area contributed by atoms with Crippen molar-refractivity contribution < 1.29 is 14.4 Å². The van der Waals surface area contributed by atoms with Gasteiger partial charge in [0.1, 0.15) is 17.9 Å². The lowest BCUT2D eigenvalue weighted by Crippen LogP contribution is -2.27. The quantitative estimate of drug-likeness (QED) is 0.539. The van der Waals surface area contributed by atoms with Gasteiger partial charge in [-0.3, -0.25) is 14.7 Å². The number of aromatic nitrogens is 3. The molecular weight excluding hydrogens is 270 g/mol. The summed E-state index contributed by atoms with van der Waals surface area (Å²) < 4.78 is 0. The van der Waals surface area contributed by atoms with Crippen molar-refractivity contribution in [3.05, 3.63) is 35.7 Å². The molecule has 0 aliphatic heterocycles. The molecule has 1 N–H and O–H groups in total. The summed E-state index contributed by atoms with van der Waals surface area (Å²) in [6, 6.07) is 5.33. The van der Waals surface area contributed by atoms with Gasteiger partial charge in [-0.2, -0.15) is 5.10 Å². The molecule has 0 saturated carbocycles. The van der Waals surface area contributed by atoms with E-state index in [1.54, 1.807) is 18.3 Å². The zero-order valence-corrected chi connectivity index (χ0v) is 10.8. The van der Waals surface area contributed by atoms with Crippen molar-refractivity contribution in [2.24, 2.45) is 0 Å². The number of ketones is 2. The highest BCUT2D eigenvalue weighted by Crippen LogP contribution is 2.32. The zero-order valence-electron chi connectivity index (χ0n) is 10.8. The van der Waals surface area contributed by atoms with Crippen LogP contribution in [-0.2, 0) is 9.59 Å². The fourth-order valence-electron chi connectivity index (χ4n) is 2.82. The Hall–Kier alpha value is -2.89. The van der Waals surface area contributed by atoms with Crippen molar-refractivity contribution in [1.82, 2.24) is 15.2 Å². The second-order valence-electron chi connectivity index (χ2n) is 5.07. The van der Waals surface area contributed by atoms with Gasteiger partial charge in [-0.05, 0) is 23.8 Å². The number of rotatable bonds is 1. The van der Waals surface area contributed by atoms with Crippen molar-refractivity contribution in [2.45, 2.75) is 12.3 Å². The molecule has 1 aromatic carbocycles. The minimum Gasteiger partial charge on any atom is -0.302 e. The summed E-state index contributed by atoms with van der Waals surface area (Å²) in [6.07, 6.45) is 1.98. The number of nitrogens with one attached hydrogen (secondary N) is 1. The third-order valence-electron chi connectivity index (χ3n) is 3.87. The van der Waals surface area contributed by atoms with E-state index in [9.17, 15) is 14.4 Å². The Kier molecular flexibility index (Phi) is 2.29.